The number of benzene rings is 1. The Labute approximate surface area is 152 Å². The molecule has 2 heterocycles. The second-order valence-corrected chi connectivity index (χ2v) is 6.07. The number of carbonyl (C=O) groups is 2. The minimum Gasteiger partial charge on any atom is -0.453 e. The molecule has 0 aliphatic rings. The summed E-state index contributed by atoms with van der Waals surface area (Å²) in [5.41, 5.74) is 3.79. The lowest BCUT2D eigenvalue weighted by molar-refractivity contribution is 0.0468. The topological polar surface area (TPSA) is 61.2 Å². The van der Waals surface area contributed by atoms with Gasteiger partial charge >= 0.3 is 5.97 Å². The average molecular weight is 348 g/mol. The number of aryl methyl sites for hydroxylation is 1. The lowest BCUT2D eigenvalue weighted by Crippen LogP contribution is -2.16. The molecule has 5 nitrogen and oxygen atoms in total. The van der Waals surface area contributed by atoms with E-state index in [0.29, 0.717) is 12.1 Å². The van der Waals surface area contributed by atoms with Crippen molar-refractivity contribution in [3.8, 4) is 0 Å². The lowest BCUT2D eigenvalue weighted by Gasteiger charge is -2.10. The van der Waals surface area contributed by atoms with Gasteiger partial charge in [-0.3, -0.25) is 4.79 Å². The Morgan fingerprint density at radius 3 is 2.46 bits per heavy atom. The highest BCUT2D eigenvalue weighted by molar-refractivity contribution is 6.00. The molecule has 1 aromatic carbocycles. The van der Waals surface area contributed by atoms with Gasteiger partial charge in [0.25, 0.3) is 0 Å². The van der Waals surface area contributed by atoms with Crippen LogP contribution in [0.5, 0.6) is 0 Å². The third kappa shape index (κ3) is 3.88. The minimum atomic E-state index is -0.600. The van der Waals surface area contributed by atoms with E-state index in [2.05, 4.69) is 21.7 Å². The first-order valence-electron chi connectivity index (χ1n) is 8.38. The standard InChI is InChI=1S/C21H20N2O3/c1-15-12-18(16(2)23(15)13-17-8-4-3-5-9-17)20(24)14-26-21(25)19-10-6-7-11-22-19/h3-12H,13-14H2,1-2H3. The predicted octanol–water partition coefficient (Wildman–Crippen LogP) is 3.59. The van der Waals surface area contributed by atoms with Crippen LogP contribution in [-0.4, -0.2) is 27.9 Å². The van der Waals surface area contributed by atoms with Crippen LogP contribution in [0, 0.1) is 13.8 Å². The van der Waals surface area contributed by atoms with E-state index in [1.54, 1.807) is 18.2 Å². The van der Waals surface area contributed by atoms with Gasteiger partial charge in [0.15, 0.2) is 6.61 Å². The molecule has 132 valence electrons. The van der Waals surface area contributed by atoms with E-state index in [-0.39, 0.29) is 18.1 Å². The highest BCUT2D eigenvalue weighted by Gasteiger charge is 2.18. The number of esters is 1. The number of ketones is 1. The first kappa shape index (κ1) is 17.6. The van der Waals surface area contributed by atoms with E-state index in [1.807, 2.05) is 38.1 Å². The molecule has 3 aromatic rings. The zero-order valence-electron chi connectivity index (χ0n) is 14.8. The Kier molecular flexibility index (Phi) is 5.27. The number of carbonyl (C=O) groups excluding carboxylic acids is 2. The Bertz CT molecular complexity index is 915. The van der Waals surface area contributed by atoms with Crippen LogP contribution >= 0.6 is 0 Å². The van der Waals surface area contributed by atoms with Crippen LogP contribution in [0.2, 0.25) is 0 Å². The summed E-state index contributed by atoms with van der Waals surface area (Å²) >= 11 is 0. The number of nitrogens with zero attached hydrogens (tertiary/aromatic N) is 2. The molecule has 0 amide bonds. The van der Waals surface area contributed by atoms with Crippen LogP contribution in [-0.2, 0) is 11.3 Å². The van der Waals surface area contributed by atoms with Crippen molar-refractivity contribution in [2.75, 3.05) is 6.61 Å². The SMILES string of the molecule is Cc1cc(C(=O)COC(=O)c2ccccn2)c(C)n1Cc1ccccc1. The van der Waals surface area contributed by atoms with Gasteiger partial charge in [0.05, 0.1) is 0 Å². The summed E-state index contributed by atoms with van der Waals surface area (Å²) in [4.78, 5) is 28.4. The summed E-state index contributed by atoms with van der Waals surface area (Å²) in [6.07, 6.45) is 1.51. The minimum absolute atomic E-state index is 0.190. The third-order valence-electron chi connectivity index (χ3n) is 4.27. The molecule has 0 bridgehead atoms. The molecule has 2 aromatic heterocycles. The van der Waals surface area contributed by atoms with Crippen LogP contribution in [0.4, 0.5) is 0 Å². The normalized spacial score (nSPS) is 10.5. The van der Waals surface area contributed by atoms with E-state index in [4.69, 9.17) is 4.74 Å². The molecule has 0 N–H and O–H groups in total. The van der Waals surface area contributed by atoms with Gasteiger partial charge in [-0.15, -0.1) is 0 Å². The molecule has 0 unspecified atom stereocenters. The van der Waals surface area contributed by atoms with E-state index >= 15 is 0 Å². The van der Waals surface area contributed by atoms with Gasteiger partial charge in [0, 0.05) is 29.7 Å². The maximum atomic E-state index is 12.5. The van der Waals surface area contributed by atoms with Crippen molar-refractivity contribution in [3.63, 3.8) is 0 Å². The summed E-state index contributed by atoms with van der Waals surface area (Å²) in [5.74, 6) is -0.821. The number of aromatic nitrogens is 2. The van der Waals surface area contributed by atoms with Gasteiger partial charge in [-0.05, 0) is 37.6 Å². The van der Waals surface area contributed by atoms with Crippen molar-refractivity contribution in [1.82, 2.24) is 9.55 Å². The van der Waals surface area contributed by atoms with Gasteiger partial charge in [0.1, 0.15) is 5.69 Å². The van der Waals surface area contributed by atoms with Gasteiger partial charge in [-0.1, -0.05) is 36.4 Å². The molecule has 0 saturated heterocycles. The first-order chi connectivity index (χ1) is 12.6. The predicted molar refractivity (Wildman–Crippen MR) is 98.3 cm³/mol. The van der Waals surface area contributed by atoms with Crippen LogP contribution in [0.3, 0.4) is 0 Å². The second-order valence-electron chi connectivity index (χ2n) is 6.07. The van der Waals surface area contributed by atoms with Crippen molar-refractivity contribution >= 4 is 11.8 Å². The molecule has 0 aliphatic carbocycles. The molecular formula is C21H20N2O3. The number of hydrogen-bond acceptors (Lipinski definition) is 4. The van der Waals surface area contributed by atoms with Crippen LogP contribution in [0.15, 0.2) is 60.8 Å². The molecule has 0 fully saturated rings. The monoisotopic (exact) mass is 348 g/mol. The van der Waals surface area contributed by atoms with Crippen LogP contribution in [0.25, 0.3) is 0 Å². The zero-order valence-corrected chi connectivity index (χ0v) is 14.8. The average Bonchev–Trinajstić information content (AvgIpc) is 2.95. The van der Waals surface area contributed by atoms with Gasteiger partial charge < -0.3 is 9.30 Å². The number of Topliss-reactive ketones (excluding diaryl/α,β-unsaturated/α-hetero) is 1. The highest BCUT2D eigenvalue weighted by atomic mass is 16.5. The van der Waals surface area contributed by atoms with Crippen LogP contribution in [0.1, 0.15) is 37.8 Å². The van der Waals surface area contributed by atoms with Gasteiger partial charge in [-0.2, -0.15) is 0 Å². The summed E-state index contributed by atoms with van der Waals surface area (Å²) in [5, 5.41) is 0. The Hall–Kier alpha value is -3.21. The number of pyridine rings is 1. The van der Waals surface area contributed by atoms with Crippen LogP contribution < -0.4 is 0 Å². The summed E-state index contributed by atoms with van der Waals surface area (Å²) in [6, 6.07) is 16.9. The molecule has 26 heavy (non-hydrogen) atoms. The zero-order chi connectivity index (χ0) is 18.5. The molecule has 0 atom stereocenters. The fraction of sp³-hybridized carbons (Fsp3) is 0.190. The quantitative estimate of drug-likeness (QED) is 0.504. The number of hydrogen-bond donors (Lipinski definition) is 0. The number of ether oxygens (including phenoxy) is 1. The Morgan fingerprint density at radius 1 is 1.04 bits per heavy atom. The van der Waals surface area contributed by atoms with Gasteiger partial charge in [-0.25, -0.2) is 9.78 Å². The van der Waals surface area contributed by atoms with E-state index in [1.165, 1.54) is 6.20 Å². The maximum absolute atomic E-state index is 12.5. The molecule has 0 spiro atoms. The second kappa shape index (κ2) is 7.78. The van der Waals surface area contributed by atoms with E-state index in [0.717, 1.165) is 17.0 Å². The van der Waals surface area contributed by atoms with Crippen molar-refractivity contribution in [3.05, 3.63) is 89.0 Å². The van der Waals surface area contributed by atoms with Crippen molar-refractivity contribution in [2.24, 2.45) is 0 Å². The number of rotatable bonds is 6. The molecule has 5 heteroatoms. The molecule has 3 rings (SSSR count). The van der Waals surface area contributed by atoms with E-state index < -0.39 is 5.97 Å². The third-order valence-corrected chi connectivity index (χ3v) is 4.27. The summed E-state index contributed by atoms with van der Waals surface area (Å²) in [7, 11) is 0. The molecule has 0 saturated carbocycles. The smallest absolute Gasteiger partial charge is 0.357 e. The van der Waals surface area contributed by atoms with E-state index in [9.17, 15) is 9.59 Å². The van der Waals surface area contributed by atoms with Crippen molar-refractivity contribution < 1.29 is 14.3 Å². The maximum Gasteiger partial charge on any atom is 0.357 e. The fourth-order valence-corrected chi connectivity index (χ4v) is 2.86. The fourth-order valence-electron chi connectivity index (χ4n) is 2.86. The lowest BCUT2D eigenvalue weighted by atomic mass is 10.1. The highest BCUT2D eigenvalue weighted by Crippen LogP contribution is 2.18. The summed E-state index contributed by atoms with van der Waals surface area (Å²) in [6.45, 7) is 4.26. The van der Waals surface area contributed by atoms with Crippen molar-refractivity contribution in [1.29, 1.82) is 0 Å². The van der Waals surface area contributed by atoms with Gasteiger partial charge in [0.2, 0.25) is 5.78 Å². The Morgan fingerprint density at radius 2 is 1.77 bits per heavy atom. The largest absolute Gasteiger partial charge is 0.453 e. The summed E-state index contributed by atoms with van der Waals surface area (Å²) < 4.78 is 7.19. The Balaban J connectivity index is 1.70. The first-order valence-corrected chi connectivity index (χ1v) is 8.38. The molecular weight excluding hydrogens is 328 g/mol. The van der Waals surface area contributed by atoms with Crippen molar-refractivity contribution in [2.45, 2.75) is 20.4 Å². The molecule has 0 aliphatic heterocycles. The molecule has 0 radical (unpaired) electrons.